The first kappa shape index (κ1) is 15.9. The highest BCUT2D eigenvalue weighted by Gasteiger charge is 2.17. The lowest BCUT2D eigenvalue weighted by atomic mass is 10.1. The molecule has 0 aromatic heterocycles. The van der Waals surface area contributed by atoms with Crippen LogP contribution in [0.25, 0.3) is 0 Å². The summed E-state index contributed by atoms with van der Waals surface area (Å²) in [5.41, 5.74) is 0. The van der Waals surface area contributed by atoms with Crippen molar-refractivity contribution in [3.63, 3.8) is 0 Å². The topological polar surface area (TPSA) is 72.8 Å². The van der Waals surface area contributed by atoms with Crippen LogP contribution in [0.2, 0.25) is 0 Å². The molecular formula is C12H22O5. The van der Waals surface area contributed by atoms with Crippen LogP contribution in [-0.4, -0.2) is 36.4 Å². The number of aliphatic hydroxyl groups is 1. The van der Waals surface area contributed by atoms with Crippen molar-refractivity contribution in [1.82, 2.24) is 0 Å². The Morgan fingerprint density at radius 1 is 1.18 bits per heavy atom. The molecule has 0 spiro atoms. The van der Waals surface area contributed by atoms with Crippen LogP contribution in [0.1, 0.15) is 40.0 Å². The zero-order chi connectivity index (χ0) is 13.3. The Balaban J connectivity index is 3.65. The van der Waals surface area contributed by atoms with Crippen LogP contribution in [0.15, 0.2) is 0 Å². The number of aliphatic hydroxyl groups excluding tert-OH is 1. The average molecular weight is 246 g/mol. The van der Waals surface area contributed by atoms with Gasteiger partial charge in [-0.25, -0.2) is 4.79 Å². The molecule has 0 aliphatic carbocycles. The minimum atomic E-state index is -1.24. The van der Waals surface area contributed by atoms with E-state index in [2.05, 4.69) is 4.74 Å². The summed E-state index contributed by atoms with van der Waals surface area (Å²) in [6, 6.07) is 0. The third-order valence-corrected chi connectivity index (χ3v) is 2.14. The zero-order valence-electron chi connectivity index (χ0n) is 10.8. The molecule has 0 aromatic carbocycles. The van der Waals surface area contributed by atoms with Gasteiger partial charge in [0.1, 0.15) is 0 Å². The van der Waals surface area contributed by atoms with Gasteiger partial charge in [0.2, 0.25) is 0 Å². The van der Waals surface area contributed by atoms with Crippen LogP contribution in [0.4, 0.5) is 0 Å². The Hall–Kier alpha value is -1.10. The van der Waals surface area contributed by atoms with Crippen LogP contribution >= 0.6 is 0 Å². The third-order valence-electron chi connectivity index (χ3n) is 2.14. The van der Waals surface area contributed by atoms with E-state index in [9.17, 15) is 14.7 Å². The van der Waals surface area contributed by atoms with Gasteiger partial charge in [-0.05, 0) is 25.7 Å². The van der Waals surface area contributed by atoms with E-state index in [-0.39, 0.29) is 19.4 Å². The summed E-state index contributed by atoms with van der Waals surface area (Å²) < 4.78 is 9.55. The van der Waals surface area contributed by atoms with Gasteiger partial charge in [-0.3, -0.25) is 4.79 Å². The van der Waals surface area contributed by atoms with E-state index >= 15 is 0 Å². The highest BCUT2D eigenvalue weighted by molar-refractivity contribution is 5.76. The first-order valence-corrected chi connectivity index (χ1v) is 5.97. The summed E-state index contributed by atoms with van der Waals surface area (Å²) in [4.78, 5) is 22.3. The standard InChI is InChI=1S/C12H22O5/c1-4-16-12(15)10(13)5-6-11(14)17-8-7-9(2)3/h9-10,13H,4-8H2,1-3H3. The Bertz CT molecular complexity index is 237. The van der Waals surface area contributed by atoms with Gasteiger partial charge in [0.15, 0.2) is 6.10 Å². The molecule has 1 unspecified atom stereocenters. The maximum atomic E-state index is 11.2. The molecule has 0 fully saturated rings. The molecule has 100 valence electrons. The number of carbonyl (C=O) groups is 2. The number of ether oxygens (including phenoxy) is 2. The van der Waals surface area contributed by atoms with E-state index < -0.39 is 18.0 Å². The van der Waals surface area contributed by atoms with E-state index in [1.165, 1.54) is 0 Å². The van der Waals surface area contributed by atoms with Crippen LogP contribution in [0.5, 0.6) is 0 Å². The maximum absolute atomic E-state index is 11.2. The summed E-state index contributed by atoms with van der Waals surface area (Å²) >= 11 is 0. The number of hydrogen-bond donors (Lipinski definition) is 1. The van der Waals surface area contributed by atoms with Crippen molar-refractivity contribution in [2.45, 2.75) is 46.1 Å². The van der Waals surface area contributed by atoms with Gasteiger partial charge in [0, 0.05) is 6.42 Å². The van der Waals surface area contributed by atoms with Crippen molar-refractivity contribution in [3.8, 4) is 0 Å². The molecule has 0 aromatic rings. The fourth-order valence-electron chi connectivity index (χ4n) is 1.09. The molecular weight excluding hydrogens is 224 g/mol. The molecule has 0 aliphatic rings. The van der Waals surface area contributed by atoms with Gasteiger partial charge in [-0.2, -0.15) is 0 Å². The largest absolute Gasteiger partial charge is 0.466 e. The van der Waals surface area contributed by atoms with Crippen LogP contribution in [0.3, 0.4) is 0 Å². The van der Waals surface area contributed by atoms with Crippen molar-refractivity contribution < 1.29 is 24.2 Å². The SMILES string of the molecule is CCOC(=O)C(O)CCC(=O)OCCC(C)C. The van der Waals surface area contributed by atoms with Crippen molar-refractivity contribution in [3.05, 3.63) is 0 Å². The van der Waals surface area contributed by atoms with E-state index in [4.69, 9.17) is 4.74 Å². The Morgan fingerprint density at radius 3 is 2.35 bits per heavy atom. The van der Waals surface area contributed by atoms with Gasteiger partial charge in [0.25, 0.3) is 0 Å². The lowest BCUT2D eigenvalue weighted by Crippen LogP contribution is -2.24. The van der Waals surface area contributed by atoms with Crippen molar-refractivity contribution in [2.75, 3.05) is 13.2 Å². The molecule has 0 aliphatic heterocycles. The summed E-state index contributed by atoms with van der Waals surface area (Å²) in [7, 11) is 0. The number of hydrogen-bond acceptors (Lipinski definition) is 5. The summed E-state index contributed by atoms with van der Waals surface area (Å²) in [5.74, 6) is -0.607. The number of rotatable bonds is 8. The number of carbonyl (C=O) groups excluding carboxylic acids is 2. The minimum Gasteiger partial charge on any atom is -0.466 e. The average Bonchev–Trinajstić information content (AvgIpc) is 2.25. The molecule has 1 atom stereocenters. The highest BCUT2D eigenvalue weighted by atomic mass is 16.5. The first-order valence-electron chi connectivity index (χ1n) is 5.97. The van der Waals surface area contributed by atoms with E-state index in [1.807, 2.05) is 13.8 Å². The Labute approximate surface area is 102 Å². The lowest BCUT2D eigenvalue weighted by Gasteiger charge is -2.09. The molecule has 5 heteroatoms. The Kier molecular flexibility index (Phi) is 8.40. The van der Waals surface area contributed by atoms with Gasteiger partial charge >= 0.3 is 11.9 Å². The summed E-state index contributed by atoms with van der Waals surface area (Å²) in [5, 5.41) is 9.33. The highest BCUT2D eigenvalue weighted by Crippen LogP contribution is 2.04. The summed E-state index contributed by atoms with van der Waals surface area (Å²) in [6.45, 7) is 6.34. The fraction of sp³-hybridized carbons (Fsp3) is 0.833. The smallest absolute Gasteiger partial charge is 0.334 e. The fourth-order valence-corrected chi connectivity index (χ4v) is 1.09. The molecule has 0 radical (unpaired) electrons. The van der Waals surface area contributed by atoms with Gasteiger partial charge < -0.3 is 14.6 Å². The Morgan fingerprint density at radius 2 is 1.82 bits per heavy atom. The predicted molar refractivity (Wildman–Crippen MR) is 62.3 cm³/mol. The second-order valence-electron chi connectivity index (χ2n) is 4.21. The normalized spacial score (nSPS) is 12.3. The zero-order valence-corrected chi connectivity index (χ0v) is 10.8. The second kappa shape index (κ2) is 8.98. The van der Waals surface area contributed by atoms with Crippen molar-refractivity contribution in [2.24, 2.45) is 5.92 Å². The molecule has 0 heterocycles. The molecule has 0 bridgehead atoms. The molecule has 0 rings (SSSR count). The molecule has 0 saturated heterocycles. The molecule has 1 N–H and O–H groups in total. The van der Waals surface area contributed by atoms with E-state index in [0.29, 0.717) is 12.5 Å². The molecule has 0 amide bonds. The van der Waals surface area contributed by atoms with Crippen LogP contribution in [-0.2, 0) is 19.1 Å². The lowest BCUT2D eigenvalue weighted by molar-refractivity contribution is -0.154. The quantitative estimate of drug-likeness (QED) is 0.653. The molecule has 17 heavy (non-hydrogen) atoms. The van der Waals surface area contributed by atoms with Crippen LogP contribution < -0.4 is 0 Å². The van der Waals surface area contributed by atoms with Crippen molar-refractivity contribution >= 4 is 11.9 Å². The minimum absolute atomic E-state index is 0.0259. The van der Waals surface area contributed by atoms with Gasteiger partial charge in [0.05, 0.1) is 13.2 Å². The van der Waals surface area contributed by atoms with Crippen molar-refractivity contribution in [1.29, 1.82) is 0 Å². The molecule has 0 saturated carbocycles. The molecule has 5 nitrogen and oxygen atoms in total. The first-order chi connectivity index (χ1) is 7.97. The summed E-state index contributed by atoms with van der Waals surface area (Å²) in [6.07, 6.45) is -0.364. The second-order valence-corrected chi connectivity index (χ2v) is 4.21. The third kappa shape index (κ3) is 8.68. The van der Waals surface area contributed by atoms with Gasteiger partial charge in [-0.15, -0.1) is 0 Å². The van der Waals surface area contributed by atoms with E-state index in [0.717, 1.165) is 6.42 Å². The van der Waals surface area contributed by atoms with E-state index in [1.54, 1.807) is 6.92 Å². The maximum Gasteiger partial charge on any atom is 0.334 e. The number of esters is 2. The predicted octanol–water partition coefficient (Wildman–Crippen LogP) is 1.28. The van der Waals surface area contributed by atoms with Gasteiger partial charge in [-0.1, -0.05) is 13.8 Å². The monoisotopic (exact) mass is 246 g/mol. The van der Waals surface area contributed by atoms with Crippen LogP contribution in [0, 0.1) is 5.92 Å².